The molecule has 4 heteroatoms. The highest BCUT2D eigenvalue weighted by molar-refractivity contribution is 4.67. The van der Waals surface area contributed by atoms with Crippen LogP contribution in [0.4, 0.5) is 0 Å². The Morgan fingerprint density at radius 3 is 2.86 bits per heavy atom. The normalized spacial score (nSPS) is 25.3. The van der Waals surface area contributed by atoms with E-state index in [0.29, 0.717) is 18.9 Å². The molecule has 4 nitrogen and oxygen atoms in total. The Balaban J connectivity index is 2.02. The van der Waals surface area contributed by atoms with Crippen LogP contribution in [-0.2, 0) is 9.47 Å². The summed E-state index contributed by atoms with van der Waals surface area (Å²) in [7, 11) is 4.19. The zero-order valence-corrected chi connectivity index (χ0v) is 9.45. The third-order valence-corrected chi connectivity index (χ3v) is 2.66. The van der Waals surface area contributed by atoms with Crippen LogP contribution in [0.3, 0.4) is 0 Å². The van der Waals surface area contributed by atoms with Crippen molar-refractivity contribution in [3.8, 4) is 0 Å². The SMILES string of the molecule is CC(CNCC1CCOCO1)N(C)C. The molecule has 0 radical (unpaired) electrons. The molecule has 84 valence electrons. The summed E-state index contributed by atoms with van der Waals surface area (Å²) in [6, 6.07) is 0.565. The monoisotopic (exact) mass is 202 g/mol. The predicted octanol–water partition coefficient (Wildman–Crippen LogP) is 0.289. The van der Waals surface area contributed by atoms with E-state index in [4.69, 9.17) is 9.47 Å². The fourth-order valence-electron chi connectivity index (χ4n) is 1.30. The van der Waals surface area contributed by atoms with E-state index in [0.717, 1.165) is 26.1 Å². The molecule has 2 unspecified atom stereocenters. The first-order valence-electron chi connectivity index (χ1n) is 5.26. The van der Waals surface area contributed by atoms with Gasteiger partial charge in [-0.2, -0.15) is 0 Å². The Morgan fingerprint density at radius 1 is 1.50 bits per heavy atom. The van der Waals surface area contributed by atoms with Crippen molar-refractivity contribution in [1.82, 2.24) is 10.2 Å². The lowest BCUT2D eigenvalue weighted by molar-refractivity contribution is -0.137. The Morgan fingerprint density at radius 2 is 2.29 bits per heavy atom. The van der Waals surface area contributed by atoms with Gasteiger partial charge in [0.15, 0.2) is 0 Å². The van der Waals surface area contributed by atoms with Gasteiger partial charge in [0.05, 0.1) is 12.7 Å². The number of likely N-dealkylation sites (N-methyl/N-ethyl adjacent to an activating group) is 1. The fourth-order valence-corrected chi connectivity index (χ4v) is 1.30. The zero-order valence-electron chi connectivity index (χ0n) is 9.45. The van der Waals surface area contributed by atoms with Gasteiger partial charge in [-0.15, -0.1) is 0 Å². The van der Waals surface area contributed by atoms with Crippen molar-refractivity contribution in [2.75, 3.05) is 40.6 Å². The average Bonchev–Trinajstić information content (AvgIpc) is 2.19. The summed E-state index contributed by atoms with van der Waals surface area (Å²) in [5, 5.41) is 3.41. The van der Waals surface area contributed by atoms with E-state index in [1.807, 2.05) is 0 Å². The van der Waals surface area contributed by atoms with Crippen LogP contribution in [-0.4, -0.2) is 57.6 Å². The molecule has 1 aliphatic rings. The van der Waals surface area contributed by atoms with Crippen molar-refractivity contribution < 1.29 is 9.47 Å². The van der Waals surface area contributed by atoms with Crippen LogP contribution < -0.4 is 5.32 Å². The quantitative estimate of drug-likeness (QED) is 0.695. The van der Waals surface area contributed by atoms with Crippen LogP contribution >= 0.6 is 0 Å². The van der Waals surface area contributed by atoms with E-state index in [1.54, 1.807) is 0 Å². The maximum Gasteiger partial charge on any atom is 0.147 e. The van der Waals surface area contributed by atoms with Crippen molar-refractivity contribution >= 4 is 0 Å². The highest BCUT2D eigenvalue weighted by Gasteiger charge is 2.13. The zero-order chi connectivity index (χ0) is 10.4. The molecule has 1 saturated heterocycles. The van der Waals surface area contributed by atoms with Crippen molar-refractivity contribution in [2.24, 2.45) is 0 Å². The van der Waals surface area contributed by atoms with Crippen LogP contribution in [0.2, 0.25) is 0 Å². The lowest BCUT2D eigenvalue weighted by atomic mass is 10.2. The predicted molar refractivity (Wildman–Crippen MR) is 56.3 cm³/mol. The summed E-state index contributed by atoms with van der Waals surface area (Å²) in [6.07, 6.45) is 1.33. The third-order valence-electron chi connectivity index (χ3n) is 2.66. The van der Waals surface area contributed by atoms with Crippen LogP contribution in [0.25, 0.3) is 0 Å². The fraction of sp³-hybridized carbons (Fsp3) is 1.00. The molecule has 1 aliphatic heterocycles. The largest absolute Gasteiger partial charge is 0.355 e. The van der Waals surface area contributed by atoms with E-state index in [-0.39, 0.29) is 0 Å². The number of rotatable bonds is 5. The van der Waals surface area contributed by atoms with Gasteiger partial charge >= 0.3 is 0 Å². The maximum absolute atomic E-state index is 5.42. The van der Waals surface area contributed by atoms with Crippen molar-refractivity contribution in [3.63, 3.8) is 0 Å². The van der Waals surface area contributed by atoms with E-state index < -0.39 is 0 Å². The molecule has 0 aromatic rings. The molecule has 0 saturated carbocycles. The topological polar surface area (TPSA) is 33.7 Å². The van der Waals surface area contributed by atoms with Gasteiger partial charge in [-0.25, -0.2) is 0 Å². The lowest BCUT2D eigenvalue weighted by Crippen LogP contribution is -2.40. The van der Waals surface area contributed by atoms with Crippen molar-refractivity contribution in [3.05, 3.63) is 0 Å². The minimum Gasteiger partial charge on any atom is -0.355 e. The van der Waals surface area contributed by atoms with Crippen LogP contribution in [0.15, 0.2) is 0 Å². The second-order valence-corrected chi connectivity index (χ2v) is 4.07. The number of hydrogen-bond donors (Lipinski definition) is 1. The highest BCUT2D eigenvalue weighted by atomic mass is 16.7. The van der Waals surface area contributed by atoms with Gasteiger partial charge in [-0.05, 0) is 27.4 Å². The van der Waals surface area contributed by atoms with Crippen LogP contribution in [0.5, 0.6) is 0 Å². The van der Waals surface area contributed by atoms with Crippen molar-refractivity contribution in [1.29, 1.82) is 0 Å². The van der Waals surface area contributed by atoms with Gasteiger partial charge < -0.3 is 19.7 Å². The summed E-state index contributed by atoms with van der Waals surface area (Å²) in [4.78, 5) is 2.21. The average molecular weight is 202 g/mol. The number of nitrogens with zero attached hydrogens (tertiary/aromatic N) is 1. The second-order valence-electron chi connectivity index (χ2n) is 4.07. The lowest BCUT2D eigenvalue weighted by Gasteiger charge is -2.25. The number of ether oxygens (including phenoxy) is 2. The molecule has 1 heterocycles. The third kappa shape index (κ3) is 4.37. The van der Waals surface area contributed by atoms with E-state index in [1.165, 1.54) is 0 Å². The van der Waals surface area contributed by atoms with Crippen LogP contribution in [0.1, 0.15) is 13.3 Å². The maximum atomic E-state index is 5.42. The van der Waals surface area contributed by atoms with Gasteiger partial charge in [-0.3, -0.25) is 0 Å². The molecule has 0 spiro atoms. The van der Waals surface area contributed by atoms with Gasteiger partial charge in [0.25, 0.3) is 0 Å². The smallest absolute Gasteiger partial charge is 0.147 e. The molecule has 2 atom stereocenters. The Labute approximate surface area is 86.6 Å². The summed E-state index contributed by atoms with van der Waals surface area (Å²) in [5.74, 6) is 0. The molecule has 14 heavy (non-hydrogen) atoms. The second kappa shape index (κ2) is 6.35. The summed E-state index contributed by atoms with van der Waals surface area (Å²) < 4.78 is 10.5. The molecule has 1 fully saturated rings. The van der Waals surface area contributed by atoms with E-state index >= 15 is 0 Å². The van der Waals surface area contributed by atoms with Gasteiger partial charge in [0.1, 0.15) is 6.79 Å². The molecule has 0 bridgehead atoms. The van der Waals surface area contributed by atoms with Crippen LogP contribution in [0, 0.1) is 0 Å². The first-order valence-corrected chi connectivity index (χ1v) is 5.26. The molecular formula is C10H22N2O2. The minimum absolute atomic E-state index is 0.332. The Hall–Kier alpha value is -0.160. The van der Waals surface area contributed by atoms with Crippen molar-refractivity contribution in [2.45, 2.75) is 25.5 Å². The first-order chi connectivity index (χ1) is 6.70. The summed E-state index contributed by atoms with van der Waals surface area (Å²) in [5.41, 5.74) is 0. The first kappa shape index (κ1) is 11.9. The summed E-state index contributed by atoms with van der Waals surface area (Å²) in [6.45, 7) is 5.43. The molecule has 1 rings (SSSR count). The highest BCUT2D eigenvalue weighted by Crippen LogP contribution is 2.04. The van der Waals surface area contributed by atoms with Gasteiger partial charge in [-0.1, -0.05) is 0 Å². The Kier molecular flexibility index (Phi) is 5.40. The standard InChI is InChI=1S/C10H22N2O2/c1-9(12(2)3)6-11-7-10-4-5-13-8-14-10/h9-11H,4-8H2,1-3H3. The minimum atomic E-state index is 0.332. The van der Waals surface area contributed by atoms with Gasteiger partial charge in [0, 0.05) is 19.1 Å². The summed E-state index contributed by atoms with van der Waals surface area (Å²) >= 11 is 0. The molecule has 0 aromatic carbocycles. The van der Waals surface area contributed by atoms with Gasteiger partial charge in [0.2, 0.25) is 0 Å². The molecular weight excluding hydrogens is 180 g/mol. The van der Waals surface area contributed by atoms with E-state index in [2.05, 4.69) is 31.2 Å². The molecule has 0 aliphatic carbocycles. The molecule has 1 N–H and O–H groups in total. The Bertz CT molecular complexity index is 147. The number of hydrogen-bond acceptors (Lipinski definition) is 4. The number of nitrogens with one attached hydrogen (secondary N) is 1. The van der Waals surface area contributed by atoms with E-state index in [9.17, 15) is 0 Å². The molecule has 0 aromatic heterocycles. The molecule has 0 amide bonds.